The van der Waals surface area contributed by atoms with E-state index in [0.717, 1.165) is 57.8 Å². The third-order valence-corrected chi connectivity index (χ3v) is 6.11. The number of carbonyl (C=O) groups is 1. The van der Waals surface area contributed by atoms with Crippen molar-refractivity contribution in [1.82, 2.24) is 5.32 Å². The fourth-order valence-electron chi connectivity index (χ4n) is 2.99. The van der Waals surface area contributed by atoms with Crippen molar-refractivity contribution in [3.63, 3.8) is 0 Å². The van der Waals surface area contributed by atoms with Gasteiger partial charge in [-0.3, -0.25) is 9.36 Å². The second-order valence-electron chi connectivity index (χ2n) is 9.68. The smallest absolute Gasteiger partial charge is 0.268 e. The molecule has 0 fully saturated rings. The van der Waals surface area contributed by atoms with Gasteiger partial charge in [0.1, 0.15) is 13.2 Å². The maximum Gasteiger partial charge on any atom is 0.268 e. The Hall–Kier alpha value is -1.02. The first kappa shape index (κ1) is 33.0. The summed E-state index contributed by atoms with van der Waals surface area (Å²) in [5.74, 6) is -0.230. The van der Waals surface area contributed by atoms with Gasteiger partial charge in [0.25, 0.3) is 7.82 Å². The van der Waals surface area contributed by atoms with Gasteiger partial charge >= 0.3 is 0 Å². The average molecular weight is 505 g/mol. The van der Waals surface area contributed by atoms with Crippen LogP contribution in [0, 0.1) is 0 Å². The Kier molecular flexibility index (Phi) is 18.6. The quantitative estimate of drug-likeness (QED) is 0.105. The number of rotatable bonds is 21. The monoisotopic (exact) mass is 504 g/mol. The summed E-state index contributed by atoms with van der Waals surface area (Å²) < 4.78 is 22.6. The van der Waals surface area contributed by atoms with E-state index in [1.54, 1.807) is 6.08 Å². The fraction of sp³-hybridized carbons (Fsp3) is 0.800. The van der Waals surface area contributed by atoms with Crippen molar-refractivity contribution in [1.29, 1.82) is 0 Å². The van der Waals surface area contributed by atoms with E-state index < -0.39 is 26.6 Å². The number of hydrogen-bond donors (Lipinski definition) is 2. The van der Waals surface area contributed by atoms with Gasteiger partial charge in [-0.05, 0) is 25.7 Å². The zero-order valence-corrected chi connectivity index (χ0v) is 22.9. The highest BCUT2D eigenvalue weighted by molar-refractivity contribution is 7.45. The minimum Gasteiger partial charge on any atom is -0.756 e. The van der Waals surface area contributed by atoms with E-state index in [1.165, 1.54) is 0 Å². The zero-order chi connectivity index (χ0) is 25.9. The van der Waals surface area contributed by atoms with Gasteiger partial charge in [0, 0.05) is 6.42 Å². The lowest BCUT2D eigenvalue weighted by Crippen LogP contribution is -2.45. The molecule has 200 valence electrons. The van der Waals surface area contributed by atoms with Crippen LogP contribution in [0.15, 0.2) is 24.3 Å². The van der Waals surface area contributed by atoms with Gasteiger partial charge in [-0.1, -0.05) is 70.3 Å². The summed E-state index contributed by atoms with van der Waals surface area (Å²) in [5.41, 5.74) is 0. The number of phosphoric acid groups is 1. The molecule has 0 bridgehead atoms. The molecule has 0 aromatic rings. The van der Waals surface area contributed by atoms with E-state index in [4.69, 9.17) is 9.05 Å². The predicted molar refractivity (Wildman–Crippen MR) is 136 cm³/mol. The molecule has 0 rings (SSSR count). The summed E-state index contributed by atoms with van der Waals surface area (Å²) in [6, 6.07) is -0.890. The van der Waals surface area contributed by atoms with E-state index >= 15 is 0 Å². The molecule has 0 spiro atoms. The molecule has 1 amide bonds. The Morgan fingerprint density at radius 3 is 2.29 bits per heavy atom. The highest BCUT2D eigenvalue weighted by Crippen LogP contribution is 2.38. The highest BCUT2D eigenvalue weighted by atomic mass is 31.2. The molecule has 2 N–H and O–H groups in total. The van der Waals surface area contributed by atoms with E-state index in [-0.39, 0.29) is 12.5 Å². The SMILES string of the molecule is CCC/C=C/CC/C=C/C(O)C(COP(=O)([O-])OCC[N+](C)(C)C)NC(=O)CCCCCCC. The van der Waals surface area contributed by atoms with E-state index in [1.807, 2.05) is 27.2 Å². The van der Waals surface area contributed by atoms with Gasteiger partial charge in [0.05, 0.1) is 39.9 Å². The molecule has 0 heterocycles. The number of allylic oxidation sites excluding steroid dienone is 3. The van der Waals surface area contributed by atoms with Gasteiger partial charge in [0.2, 0.25) is 5.91 Å². The first-order valence-electron chi connectivity index (χ1n) is 12.7. The number of amides is 1. The maximum atomic E-state index is 12.4. The summed E-state index contributed by atoms with van der Waals surface area (Å²) in [6.45, 7) is 4.35. The normalized spacial score (nSPS) is 16.1. The van der Waals surface area contributed by atoms with Crippen molar-refractivity contribution in [2.24, 2.45) is 0 Å². The van der Waals surface area contributed by atoms with Crippen molar-refractivity contribution in [2.75, 3.05) is 40.9 Å². The standard InChI is InChI=1S/C25H49N2O6P/c1-6-8-10-12-13-15-16-18-24(28)23(26-25(29)19-17-14-11-9-7-2)22-33-34(30,31)32-21-20-27(3,4)5/h10,12,16,18,23-24,28H,6-9,11,13-15,17,19-22H2,1-5H3,(H-,26,29,30,31)/b12-10+,18-16+. The van der Waals surface area contributed by atoms with Gasteiger partial charge in [-0.25, -0.2) is 0 Å². The van der Waals surface area contributed by atoms with Crippen LogP contribution in [0.25, 0.3) is 0 Å². The molecule has 3 atom stereocenters. The lowest BCUT2D eigenvalue weighted by molar-refractivity contribution is -0.870. The largest absolute Gasteiger partial charge is 0.756 e. The van der Waals surface area contributed by atoms with Crippen LogP contribution in [0.2, 0.25) is 0 Å². The molecule has 0 radical (unpaired) electrons. The van der Waals surface area contributed by atoms with Crippen LogP contribution in [0.5, 0.6) is 0 Å². The summed E-state index contributed by atoms with van der Waals surface area (Å²) in [6.07, 6.45) is 15.7. The number of aliphatic hydroxyl groups excluding tert-OH is 1. The van der Waals surface area contributed by atoms with E-state index in [0.29, 0.717) is 17.4 Å². The number of unbranched alkanes of at least 4 members (excludes halogenated alkanes) is 6. The number of likely N-dealkylation sites (N-methyl/N-ethyl adjacent to an activating group) is 1. The predicted octanol–water partition coefficient (Wildman–Crippen LogP) is 4.09. The number of nitrogens with zero attached hydrogens (tertiary/aromatic N) is 1. The number of hydrogen-bond acceptors (Lipinski definition) is 6. The van der Waals surface area contributed by atoms with Crippen molar-refractivity contribution in [3.8, 4) is 0 Å². The van der Waals surface area contributed by atoms with Crippen LogP contribution in [0.1, 0.15) is 78.1 Å². The third-order valence-electron chi connectivity index (χ3n) is 5.15. The Morgan fingerprint density at radius 1 is 1.00 bits per heavy atom. The molecule has 0 aromatic carbocycles. The molecule has 3 unspecified atom stereocenters. The molecular formula is C25H49N2O6P. The highest BCUT2D eigenvalue weighted by Gasteiger charge is 2.23. The molecule has 0 aromatic heterocycles. The topological polar surface area (TPSA) is 108 Å². The molecule has 0 aliphatic heterocycles. The molecule has 0 saturated carbocycles. The van der Waals surface area contributed by atoms with Crippen molar-refractivity contribution < 1.29 is 32.9 Å². The molecular weight excluding hydrogens is 455 g/mol. The lowest BCUT2D eigenvalue weighted by atomic mass is 10.1. The average Bonchev–Trinajstić information content (AvgIpc) is 2.74. The van der Waals surface area contributed by atoms with Crippen LogP contribution in [0.3, 0.4) is 0 Å². The van der Waals surface area contributed by atoms with Gasteiger partial charge in [0.15, 0.2) is 0 Å². The third kappa shape index (κ3) is 20.4. The summed E-state index contributed by atoms with van der Waals surface area (Å²) in [7, 11) is 1.23. The molecule has 34 heavy (non-hydrogen) atoms. The lowest BCUT2D eigenvalue weighted by Gasteiger charge is -2.29. The second kappa shape index (κ2) is 19.2. The summed E-state index contributed by atoms with van der Waals surface area (Å²) in [4.78, 5) is 24.5. The number of carbonyl (C=O) groups excluding carboxylic acids is 1. The number of nitrogens with one attached hydrogen (secondary N) is 1. The van der Waals surface area contributed by atoms with Crippen molar-refractivity contribution in [3.05, 3.63) is 24.3 Å². The van der Waals surface area contributed by atoms with Gasteiger partial charge < -0.3 is 28.8 Å². The van der Waals surface area contributed by atoms with Crippen LogP contribution in [0.4, 0.5) is 0 Å². The minimum absolute atomic E-state index is 0.00688. The number of phosphoric ester groups is 1. The summed E-state index contributed by atoms with van der Waals surface area (Å²) in [5, 5.41) is 13.3. The molecule has 0 aliphatic rings. The Balaban J connectivity index is 4.84. The van der Waals surface area contributed by atoms with Gasteiger partial charge in [-0.2, -0.15) is 0 Å². The van der Waals surface area contributed by atoms with E-state index in [9.17, 15) is 19.4 Å². The Labute approximate surface area is 207 Å². The van der Waals surface area contributed by atoms with Crippen molar-refractivity contribution >= 4 is 13.7 Å². The zero-order valence-electron chi connectivity index (χ0n) is 22.0. The first-order chi connectivity index (χ1) is 16.0. The Bertz CT molecular complexity index is 633. The van der Waals surface area contributed by atoms with Crippen molar-refractivity contribution in [2.45, 2.75) is 90.2 Å². The Morgan fingerprint density at radius 2 is 1.65 bits per heavy atom. The molecule has 8 nitrogen and oxygen atoms in total. The second-order valence-corrected chi connectivity index (χ2v) is 11.1. The minimum atomic E-state index is -4.55. The van der Waals surface area contributed by atoms with Crippen LogP contribution in [-0.2, 0) is 18.4 Å². The number of aliphatic hydroxyl groups is 1. The van der Waals surface area contributed by atoms with Gasteiger partial charge in [-0.15, -0.1) is 0 Å². The molecule has 0 aliphatic carbocycles. The van der Waals surface area contributed by atoms with Crippen LogP contribution < -0.4 is 10.2 Å². The van der Waals surface area contributed by atoms with E-state index in [2.05, 4.69) is 31.3 Å². The maximum absolute atomic E-state index is 12.4. The molecule has 9 heteroatoms. The first-order valence-corrected chi connectivity index (χ1v) is 14.2. The summed E-state index contributed by atoms with van der Waals surface area (Å²) >= 11 is 0. The molecule has 0 saturated heterocycles. The van der Waals surface area contributed by atoms with Crippen LogP contribution >= 0.6 is 7.82 Å². The number of quaternary nitrogens is 1. The van der Waals surface area contributed by atoms with Crippen LogP contribution in [-0.4, -0.2) is 68.5 Å². The fourth-order valence-corrected chi connectivity index (χ4v) is 3.72.